The minimum absolute atomic E-state index is 0.109. The fourth-order valence-corrected chi connectivity index (χ4v) is 1.64. The van der Waals surface area contributed by atoms with Crippen molar-refractivity contribution < 1.29 is 24.4 Å². The summed E-state index contributed by atoms with van der Waals surface area (Å²) < 4.78 is 4.49. The number of esters is 1. The fourth-order valence-electron chi connectivity index (χ4n) is 1.64. The molecule has 0 saturated carbocycles. The molecule has 0 radical (unpaired) electrons. The van der Waals surface area contributed by atoms with Gasteiger partial charge in [-0.25, -0.2) is 4.79 Å². The van der Waals surface area contributed by atoms with Crippen molar-refractivity contribution in [3.05, 3.63) is 57.4 Å². The highest BCUT2D eigenvalue weighted by molar-refractivity contribution is 6.23. The van der Waals surface area contributed by atoms with Crippen molar-refractivity contribution in [2.45, 2.75) is 0 Å². The zero-order valence-corrected chi connectivity index (χ0v) is 10.1. The van der Waals surface area contributed by atoms with Crippen LogP contribution in [-0.4, -0.2) is 28.4 Å². The number of nitro groups is 1. The van der Waals surface area contributed by atoms with Crippen LogP contribution in [0.2, 0.25) is 0 Å². The number of nitrogens with zero attached hydrogens (tertiary/aromatic N) is 1. The second-order valence-corrected chi connectivity index (χ2v) is 3.95. The van der Waals surface area contributed by atoms with Crippen LogP contribution in [0.3, 0.4) is 0 Å². The third-order valence-electron chi connectivity index (χ3n) is 2.59. The first kappa shape index (κ1) is 13.5. The van der Waals surface area contributed by atoms with E-state index in [1.165, 1.54) is 24.3 Å². The van der Waals surface area contributed by atoms with Gasteiger partial charge in [-0.2, -0.15) is 0 Å². The van der Waals surface area contributed by atoms with E-state index < -0.39 is 28.0 Å². The predicted molar refractivity (Wildman–Crippen MR) is 67.8 cm³/mol. The number of benzene rings is 1. The van der Waals surface area contributed by atoms with Crippen molar-refractivity contribution in [3.63, 3.8) is 0 Å². The van der Waals surface area contributed by atoms with Crippen molar-refractivity contribution in [1.82, 2.24) is 0 Å². The lowest BCUT2D eigenvalue weighted by molar-refractivity contribution is -0.384. The Balaban J connectivity index is 2.20. The number of carbonyl (C=O) groups is 2. The zero-order chi connectivity index (χ0) is 14.7. The number of hydrogen-bond acceptors (Lipinski definition) is 6. The normalized spacial score (nSPS) is 14.7. The summed E-state index contributed by atoms with van der Waals surface area (Å²) in [5.74, 6) is -2.00. The van der Waals surface area contributed by atoms with Gasteiger partial charge in [0, 0.05) is 12.1 Å². The van der Waals surface area contributed by atoms with E-state index in [0.29, 0.717) is 5.56 Å². The Labute approximate surface area is 112 Å². The molecule has 0 atom stereocenters. The van der Waals surface area contributed by atoms with Crippen LogP contribution in [0.25, 0.3) is 6.08 Å². The van der Waals surface area contributed by atoms with E-state index in [2.05, 4.69) is 4.74 Å². The minimum Gasteiger partial charge on any atom is -0.508 e. The van der Waals surface area contributed by atoms with E-state index in [4.69, 9.17) is 0 Å². The van der Waals surface area contributed by atoms with Crippen molar-refractivity contribution >= 4 is 23.5 Å². The molecule has 2 rings (SSSR count). The third-order valence-corrected chi connectivity index (χ3v) is 2.59. The van der Waals surface area contributed by atoms with Crippen LogP contribution < -0.4 is 0 Å². The number of ether oxygens (including phenoxy) is 1. The molecular formula is C13H9NO6. The van der Waals surface area contributed by atoms with Gasteiger partial charge in [0.1, 0.15) is 17.9 Å². The van der Waals surface area contributed by atoms with Gasteiger partial charge in [-0.1, -0.05) is 18.2 Å². The Morgan fingerprint density at radius 3 is 2.80 bits per heavy atom. The van der Waals surface area contributed by atoms with Crippen LogP contribution in [0.5, 0.6) is 0 Å². The lowest BCUT2D eigenvalue weighted by Crippen LogP contribution is -2.08. The number of aliphatic hydroxyl groups excluding tert-OH is 1. The maximum atomic E-state index is 11.7. The molecule has 1 aliphatic heterocycles. The van der Waals surface area contributed by atoms with Crippen LogP contribution in [0.15, 0.2) is 41.7 Å². The Morgan fingerprint density at radius 1 is 1.45 bits per heavy atom. The lowest BCUT2D eigenvalue weighted by Gasteiger charge is -1.95. The molecule has 1 aliphatic rings. The largest absolute Gasteiger partial charge is 0.508 e. The molecule has 0 aromatic heterocycles. The molecule has 102 valence electrons. The number of hydrogen-bond donors (Lipinski definition) is 1. The summed E-state index contributed by atoms with van der Waals surface area (Å²) in [7, 11) is 0. The van der Waals surface area contributed by atoms with Crippen molar-refractivity contribution in [2.24, 2.45) is 0 Å². The summed E-state index contributed by atoms with van der Waals surface area (Å²) in [6, 6.07) is 5.65. The van der Waals surface area contributed by atoms with Crippen LogP contribution >= 0.6 is 0 Å². The van der Waals surface area contributed by atoms with Crippen molar-refractivity contribution in [2.75, 3.05) is 6.61 Å². The zero-order valence-electron chi connectivity index (χ0n) is 10.1. The Hall–Kier alpha value is -2.96. The molecule has 1 aromatic rings. The second kappa shape index (κ2) is 5.35. The maximum absolute atomic E-state index is 11.7. The number of ketones is 1. The summed E-state index contributed by atoms with van der Waals surface area (Å²) in [5, 5.41) is 19.9. The number of cyclic esters (lactones) is 1. The quantitative estimate of drug-likeness (QED) is 0.294. The van der Waals surface area contributed by atoms with Gasteiger partial charge in [-0.05, 0) is 11.6 Å². The molecule has 0 amide bonds. The number of nitro benzene ring substituents is 1. The van der Waals surface area contributed by atoms with Gasteiger partial charge in [0.15, 0.2) is 5.78 Å². The number of carbonyl (C=O) groups excluding carboxylic acids is 2. The molecule has 0 saturated heterocycles. The van der Waals surface area contributed by atoms with E-state index in [-0.39, 0.29) is 12.3 Å². The monoisotopic (exact) mass is 275 g/mol. The highest BCUT2D eigenvalue weighted by atomic mass is 16.6. The average Bonchev–Trinajstić information content (AvgIpc) is 2.76. The standard InChI is InChI=1S/C13H9NO6/c15-10(12-11(16)7-20-13(12)17)5-4-8-2-1-3-9(6-8)14(18)19/h1-6,16H,7H2. The molecular weight excluding hydrogens is 266 g/mol. The van der Waals surface area contributed by atoms with Crippen molar-refractivity contribution in [1.29, 1.82) is 0 Å². The summed E-state index contributed by atoms with van der Waals surface area (Å²) in [4.78, 5) is 33.0. The fraction of sp³-hybridized carbons (Fsp3) is 0.0769. The van der Waals surface area contributed by atoms with Crippen LogP contribution in [0.4, 0.5) is 5.69 Å². The van der Waals surface area contributed by atoms with Gasteiger partial charge in [0.05, 0.1) is 4.92 Å². The van der Waals surface area contributed by atoms with Gasteiger partial charge < -0.3 is 9.84 Å². The van der Waals surface area contributed by atoms with Crippen LogP contribution in [0, 0.1) is 10.1 Å². The molecule has 0 fully saturated rings. The molecule has 1 heterocycles. The summed E-state index contributed by atoms with van der Waals surface area (Å²) in [6.45, 7) is -0.315. The smallest absolute Gasteiger partial charge is 0.346 e. The Morgan fingerprint density at radius 2 is 2.20 bits per heavy atom. The maximum Gasteiger partial charge on any atom is 0.346 e. The summed E-state index contributed by atoms with van der Waals surface area (Å²) in [5.41, 5.74) is -0.0902. The summed E-state index contributed by atoms with van der Waals surface area (Å²) >= 11 is 0. The molecule has 0 bridgehead atoms. The van der Waals surface area contributed by atoms with Gasteiger partial charge in [-0.15, -0.1) is 0 Å². The van der Waals surface area contributed by atoms with Crippen LogP contribution in [-0.2, 0) is 14.3 Å². The minimum atomic E-state index is -0.879. The highest BCUT2D eigenvalue weighted by Crippen LogP contribution is 2.17. The number of rotatable bonds is 4. The lowest BCUT2D eigenvalue weighted by atomic mass is 10.1. The highest BCUT2D eigenvalue weighted by Gasteiger charge is 2.29. The predicted octanol–water partition coefficient (Wildman–Crippen LogP) is 1.55. The van der Waals surface area contributed by atoms with Crippen LogP contribution in [0.1, 0.15) is 5.56 Å². The SMILES string of the molecule is O=C(C=Cc1cccc([N+](=O)[O-])c1)C1=C(O)COC1=O. The Kier molecular flexibility index (Phi) is 3.60. The first-order valence-corrected chi connectivity index (χ1v) is 5.55. The molecule has 0 spiro atoms. The van der Waals surface area contributed by atoms with Gasteiger partial charge in [0.2, 0.25) is 0 Å². The number of aliphatic hydroxyl groups is 1. The Bertz CT molecular complexity index is 659. The second-order valence-electron chi connectivity index (χ2n) is 3.95. The molecule has 0 unspecified atom stereocenters. The van der Waals surface area contributed by atoms with E-state index >= 15 is 0 Å². The van der Waals surface area contributed by atoms with Crippen molar-refractivity contribution in [3.8, 4) is 0 Å². The molecule has 1 N–H and O–H groups in total. The van der Waals surface area contributed by atoms with E-state index in [1.807, 2.05) is 0 Å². The van der Waals surface area contributed by atoms with Gasteiger partial charge in [-0.3, -0.25) is 14.9 Å². The molecule has 20 heavy (non-hydrogen) atoms. The molecule has 0 aliphatic carbocycles. The van der Waals surface area contributed by atoms with E-state index in [0.717, 1.165) is 6.08 Å². The molecule has 1 aromatic carbocycles. The summed E-state index contributed by atoms with van der Waals surface area (Å²) in [6.07, 6.45) is 2.37. The number of non-ortho nitro benzene ring substituents is 1. The van der Waals surface area contributed by atoms with Gasteiger partial charge in [0.25, 0.3) is 5.69 Å². The molecule has 7 heteroatoms. The molecule has 7 nitrogen and oxygen atoms in total. The first-order valence-electron chi connectivity index (χ1n) is 5.55. The third kappa shape index (κ3) is 2.72. The van der Waals surface area contributed by atoms with Gasteiger partial charge >= 0.3 is 5.97 Å². The van der Waals surface area contributed by atoms with E-state index in [1.54, 1.807) is 6.07 Å². The average molecular weight is 275 g/mol. The first-order chi connectivity index (χ1) is 9.49. The topological polar surface area (TPSA) is 107 Å². The van der Waals surface area contributed by atoms with E-state index in [9.17, 15) is 24.8 Å². The number of allylic oxidation sites excluding steroid dienone is 1.